The molecule has 0 aliphatic heterocycles. The quantitative estimate of drug-likeness (QED) is 0.720. The van der Waals surface area contributed by atoms with E-state index in [2.05, 4.69) is 24.1 Å². The largest absolute Gasteiger partial charge is 0.399 e. The SMILES string of the molecule is CCCCN(CC)CCC(=O)Nc1cc(N)ccc1F. The number of carbonyl (C=O) groups excluding carboxylic acids is 1. The van der Waals surface area contributed by atoms with Crippen LogP contribution in [0.4, 0.5) is 15.8 Å². The van der Waals surface area contributed by atoms with E-state index in [0.717, 1.165) is 25.9 Å². The van der Waals surface area contributed by atoms with E-state index in [9.17, 15) is 9.18 Å². The Morgan fingerprint density at radius 1 is 1.35 bits per heavy atom. The van der Waals surface area contributed by atoms with Crippen LogP contribution >= 0.6 is 0 Å². The molecule has 1 aromatic carbocycles. The van der Waals surface area contributed by atoms with E-state index in [0.29, 0.717) is 18.7 Å². The van der Waals surface area contributed by atoms with E-state index >= 15 is 0 Å². The van der Waals surface area contributed by atoms with E-state index in [-0.39, 0.29) is 11.6 Å². The van der Waals surface area contributed by atoms with Gasteiger partial charge in [-0.3, -0.25) is 4.79 Å². The summed E-state index contributed by atoms with van der Waals surface area (Å²) in [4.78, 5) is 14.0. The molecule has 0 spiro atoms. The highest BCUT2D eigenvalue weighted by Crippen LogP contribution is 2.17. The zero-order valence-corrected chi connectivity index (χ0v) is 12.3. The van der Waals surface area contributed by atoms with Crippen LogP contribution in [0.3, 0.4) is 0 Å². The molecule has 0 saturated carbocycles. The van der Waals surface area contributed by atoms with Crippen molar-refractivity contribution in [2.45, 2.75) is 33.1 Å². The number of carbonyl (C=O) groups is 1. The van der Waals surface area contributed by atoms with Crippen molar-refractivity contribution < 1.29 is 9.18 Å². The lowest BCUT2D eigenvalue weighted by atomic mass is 10.2. The molecule has 0 unspecified atom stereocenters. The first-order chi connectivity index (χ1) is 9.56. The number of nitrogens with one attached hydrogen (secondary N) is 1. The molecule has 5 heteroatoms. The number of anilines is 2. The third-order valence-electron chi connectivity index (χ3n) is 3.19. The Labute approximate surface area is 120 Å². The van der Waals surface area contributed by atoms with Gasteiger partial charge in [0, 0.05) is 18.7 Å². The molecule has 0 fully saturated rings. The van der Waals surface area contributed by atoms with Crippen molar-refractivity contribution in [3.8, 4) is 0 Å². The van der Waals surface area contributed by atoms with Gasteiger partial charge in [-0.05, 0) is 37.7 Å². The van der Waals surface area contributed by atoms with Gasteiger partial charge in [-0.2, -0.15) is 0 Å². The van der Waals surface area contributed by atoms with Crippen LogP contribution in [-0.2, 0) is 4.79 Å². The van der Waals surface area contributed by atoms with Crippen LogP contribution < -0.4 is 11.1 Å². The van der Waals surface area contributed by atoms with Crippen molar-refractivity contribution >= 4 is 17.3 Å². The number of hydrogen-bond donors (Lipinski definition) is 2. The second-order valence-electron chi connectivity index (χ2n) is 4.83. The maximum absolute atomic E-state index is 13.5. The van der Waals surface area contributed by atoms with Crippen LogP contribution in [0.25, 0.3) is 0 Å². The van der Waals surface area contributed by atoms with E-state index in [4.69, 9.17) is 5.73 Å². The van der Waals surface area contributed by atoms with Crippen LogP contribution in [0, 0.1) is 5.82 Å². The van der Waals surface area contributed by atoms with E-state index in [1.165, 1.54) is 18.2 Å². The second kappa shape index (κ2) is 8.53. The van der Waals surface area contributed by atoms with Gasteiger partial charge in [0.15, 0.2) is 0 Å². The molecule has 1 aromatic rings. The lowest BCUT2D eigenvalue weighted by Gasteiger charge is -2.19. The molecular formula is C15H24FN3O. The van der Waals surface area contributed by atoms with Crippen LogP contribution in [0.2, 0.25) is 0 Å². The Bertz CT molecular complexity index is 437. The average Bonchev–Trinajstić information content (AvgIpc) is 2.43. The number of halogens is 1. The summed E-state index contributed by atoms with van der Waals surface area (Å²) in [7, 11) is 0. The van der Waals surface area contributed by atoms with Gasteiger partial charge in [0.2, 0.25) is 5.91 Å². The normalized spacial score (nSPS) is 10.8. The zero-order chi connectivity index (χ0) is 15.0. The van der Waals surface area contributed by atoms with Crippen LogP contribution in [0.15, 0.2) is 18.2 Å². The van der Waals surface area contributed by atoms with Crippen molar-refractivity contribution in [1.29, 1.82) is 0 Å². The summed E-state index contributed by atoms with van der Waals surface area (Å²) in [5, 5.41) is 2.57. The molecule has 112 valence electrons. The van der Waals surface area contributed by atoms with Crippen molar-refractivity contribution in [3.63, 3.8) is 0 Å². The smallest absolute Gasteiger partial charge is 0.225 e. The van der Waals surface area contributed by atoms with Crippen molar-refractivity contribution in [2.75, 3.05) is 30.7 Å². The Morgan fingerprint density at radius 3 is 2.75 bits per heavy atom. The van der Waals surface area contributed by atoms with Crippen LogP contribution in [-0.4, -0.2) is 30.4 Å². The highest BCUT2D eigenvalue weighted by atomic mass is 19.1. The predicted octanol–water partition coefficient (Wildman–Crippen LogP) is 2.86. The monoisotopic (exact) mass is 281 g/mol. The summed E-state index contributed by atoms with van der Waals surface area (Å²) in [5.41, 5.74) is 6.15. The van der Waals surface area contributed by atoms with E-state index in [1.54, 1.807) is 0 Å². The molecule has 0 radical (unpaired) electrons. The topological polar surface area (TPSA) is 58.4 Å². The number of amides is 1. The summed E-state index contributed by atoms with van der Waals surface area (Å²) >= 11 is 0. The van der Waals surface area contributed by atoms with Gasteiger partial charge in [0.25, 0.3) is 0 Å². The fraction of sp³-hybridized carbons (Fsp3) is 0.533. The molecule has 20 heavy (non-hydrogen) atoms. The third-order valence-corrected chi connectivity index (χ3v) is 3.19. The number of nitrogens with two attached hydrogens (primary N) is 1. The first kappa shape index (κ1) is 16.4. The number of benzene rings is 1. The molecule has 4 nitrogen and oxygen atoms in total. The molecule has 0 atom stereocenters. The molecule has 0 bridgehead atoms. The molecule has 0 aromatic heterocycles. The van der Waals surface area contributed by atoms with Gasteiger partial charge < -0.3 is 16.0 Å². The highest BCUT2D eigenvalue weighted by molar-refractivity contribution is 5.91. The summed E-state index contributed by atoms with van der Waals surface area (Å²) in [6, 6.07) is 4.15. The Morgan fingerprint density at radius 2 is 2.10 bits per heavy atom. The predicted molar refractivity (Wildman–Crippen MR) is 81.1 cm³/mol. The molecule has 0 aliphatic rings. The number of hydrogen-bond acceptors (Lipinski definition) is 3. The summed E-state index contributed by atoms with van der Waals surface area (Å²) in [6.45, 7) is 6.81. The number of nitrogens with zero attached hydrogens (tertiary/aromatic N) is 1. The van der Waals surface area contributed by atoms with Gasteiger partial charge in [0.05, 0.1) is 5.69 Å². The maximum atomic E-state index is 13.5. The molecule has 0 aliphatic carbocycles. The molecule has 1 amide bonds. The van der Waals surface area contributed by atoms with Gasteiger partial charge >= 0.3 is 0 Å². The minimum Gasteiger partial charge on any atom is -0.399 e. The minimum absolute atomic E-state index is 0.145. The highest BCUT2D eigenvalue weighted by Gasteiger charge is 2.09. The van der Waals surface area contributed by atoms with Gasteiger partial charge in [0.1, 0.15) is 5.82 Å². The first-order valence-corrected chi connectivity index (χ1v) is 7.14. The number of nitrogen functional groups attached to an aromatic ring is 1. The Balaban J connectivity index is 2.45. The molecule has 0 saturated heterocycles. The molecular weight excluding hydrogens is 257 g/mol. The van der Waals surface area contributed by atoms with Crippen molar-refractivity contribution in [1.82, 2.24) is 4.90 Å². The van der Waals surface area contributed by atoms with Gasteiger partial charge in [-0.25, -0.2) is 4.39 Å². The molecule has 0 heterocycles. The maximum Gasteiger partial charge on any atom is 0.225 e. The van der Waals surface area contributed by atoms with Gasteiger partial charge in [-0.1, -0.05) is 20.3 Å². The van der Waals surface area contributed by atoms with Crippen LogP contribution in [0.5, 0.6) is 0 Å². The summed E-state index contributed by atoms with van der Waals surface area (Å²) in [6.07, 6.45) is 2.61. The molecule has 1 rings (SSSR count). The Kier molecular flexibility index (Phi) is 7.01. The first-order valence-electron chi connectivity index (χ1n) is 7.14. The standard InChI is InChI=1S/C15H24FN3O/c1-3-5-9-19(4-2)10-8-15(20)18-14-11-12(17)6-7-13(14)16/h6-7,11H,3-5,8-10,17H2,1-2H3,(H,18,20). The fourth-order valence-corrected chi connectivity index (χ4v) is 1.92. The Hall–Kier alpha value is -1.62. The lowest BCUT2D eigenvalue weighted by molar-refractivity contribution is -0.116. The van der Waals surface area contributed by atoms with Crippen molar-refractivity contribution in [2.24, 2.45) is 0 Å². The number of rotatable bonds is 8. The van der Waals surface area contributed by atoms with E-state index in [1.807, 2.05) is 0 Å². The number of unbranched alkanes of at least 4 members (excludes halogenated alkanes) is 1. The van der Waals surface area contributed by atoms with E-state index < -0.39 is 5.82 Å². The summed E-state index contributed by atoms with van der Waals surface area (Å²) < 4.78 is 13.5. The fourth-order valence-electron chi connectivity index (χ4n) is 1.92. The lowest BCUT2D eigenvalue weighted by Crippen LogP contribution is -2.28. The minimum atomic E-state index is -0.467. The second-order valence-corrected chi connectivity index (χ2v) is 4.83. The van der Waals surface area contributed by atoms with Gasteiger partial charge in [-0.15, -0.1) is 0 Å². The average molecular weight is 281 g/mol. The third kappa shape index (κ3) is 5.57. The van der Waals surface area contributed by atoms with Crippen LogP contribution in [0.1, 0.15) is 33.1 Å². The zero-order valence-electron chi connectivity index (χ0n) is 12.3. The van der Waals surface area contributed by atoms with Crippen molar-refractivity contribution in [3.05, 3.63) is 24.0 Å². The summed E-state index contributed by atoms with van der Waals surface area (Å²) in [5.74, 6) is -0.657. The molecule has 3 N–H and O–H groups in total.